The third-order valence-electron chi connectivity index (χ3n) is 4.77. The zero-order valence-corrected chi connectivity index (χ0v) is 18.6. The van der Waals surface area contributed by atoms with Crippen molar-refractivity contribution in [2.45, 2.75) is 71.6 Å². The van der Waals surface area contributed by atoms with E-state index in [1.54, 1.807) is 18.7 Å². The number of nitrogens with zero attached hydrogens (tertiary/aromatic N) is 1. The van der Waals surface area contributed by atoms with E-state index in [-0.39, 0.29) is 36.4 Å². The van der Waals surface area contributed by atoms with Gasteiger partial charge in [-0.1, -0.05) is 30.3 Å². The first-order valence-corrected chi connectivity index (χ1v) is 10.6. The second-order valence-electron chi connectivity index (χ2n) is 8.96. The summed E-state index contributed by atoms with van der Waals surface area (Å²) >= 11 is 0. The molecule has 1 saturated heterocycles. The van der Waals surface area contributed by atoms with Crippen LogP contribution in [0.1, 0.15) is 65.5 Å². The number of piperidine rings is 1. The number of amides is 2. The summed E-state index contributed by atoms with van der Waals surface area (Å²) in [5.74, 6) is -0.667. The van der Waals surface area contributed by atoms with Gasteiger partial charge >= 0.3 is 12.1 Å². The minimum atomic E-state index is -0.543. The Morgan fingerprint density at radius 2 is 1.70 bits per heavy atom. The first-order chi connectivity index (χ1) is 14.0. The second kappa shape index (κ2) is 10.5. The van der Waals surface area contributed by atoms with Gasteiger partial charge in [-0.15, -0.1) is 0 Å². The maximum Gasteiger partial charge on any atom is 0.410 e. The fraction of sp³-hybridized carbons (Fsp3) is 0.609. The Labute approximate surface area is 179 Å². The highest BCUT2D eigenvalue weighted by Gasteiger charge is 2.31. The quantitative estimate of drug-likeness (QED) is 0.710. The fourth-order valence-electron chi connectivity index (χ4n) is 3.36. The first-order valence-electron chi connectivity index (χ1n) is 10.6. The Morgan fingerprint density at radius 1 is 1.10 bits per heavy atom. The summed E-state index contributed by atoms with van der Waals surface area (Å²) in [6.07, 6.45) is 0.637. The highest BCUT2D eigenvalue weighted by atomic mass is 16.6. The Kier molecular flexibility index (Phi) is 8.26. The highest BCUT2D eigenvalue weighted by molar-refractivity contribution is 5.80. The standard InChI is InChI=1S/C23H34N2O5/c1-16(2)29-20(26)15-19(17-9-7-6-8-10-17)24-21(27)18-11-13-25(14-12-18)22(28)30-23(3,4)5/h6-10,16,18-19H,11-15H2,1-5H3,(H,24,27). The average molecular weight is 419 g/mol. The van der Waals surface area contributed by atoms with Gasteiger partial charge in [0, 0.05) is 19.0 Å². The molecule has 7 nitrogen and oxygen atoms in total. The van der Waals surface area contributed by atoms with Crippen LogP contribution in [-0.4, -0.2) is 47.7 Å². The molecule has 1 aliphatic rings. The summed E-state index contributed by atoms with van der Waals surface area (Å²) in [5, 5.41) is 3.02. The molecule has 0 radical (unpaired) electrons. The number of hydrogen-bond acceptors (Lipinski definition) is 5. The predicted octanol–water partition coefficient (Wildman–Crippen LogP) is 3.83. The maximum atomic E-state index is 12.9. The maximum absolute atomic E-state index is 12.9. The molecular weight excluding hydrogens is 384 g/mol. The smallest absolute Gasteiger partial charge is 0.410 e. The van der Waals surface area contributed by atoms with Gasteiger partial charge in [-0.25, -0.2) is 4.79 Å². The molecule has 7 heteroatoms. The van der Waals surface area contributed by atoms with E-state index in [4.69, 9.17) is 9.47 Å². The summed E-state index contributed by atoms with van der Waals surface area (Å²) in [6, 6.07) is 8.97. The van der Waals surface area contributed by atoms with Crippen LogP contribution in [0.2, 0.25) is 0 Å². The number of carbonyl (C=O) groups is 3. The van der Waals surface area contributed by atoms with Crippen molar-refractivity contribution in [1.82, 2.24) is 10.2 Å². The zero-order valence-electron chi connectivity index (χ0n) is 18.6. The molecule has 0 saturated carbocycles. The lowest BCUT2D eigenvalue weighted by atomic mass is 9.94. The average Bonchev–Trinajstić information content (AvgIpc) is 2.66. The minimum absolute atomic E-state index is 0.0741. The molecule has 0 bridgehead atoms. The van der Waals surface area contributed by atoms with Crippen LogP contribution in [0.4, 0.5) is 4.79 Å². The molecule has 1 aromatic carbocycles. The van der Waals surface area contributed by atoms with E-state index in [1.165, 1.54) is 0 Å². The van der Waals surface area contributed by atoms with E-state index >= 15 is 0 Å². The van der Waals surface area contributed by atoms with E-state index in [0.717, 1.165) is 5.56 Å². The van der Waals surface area contributed by atoms with Crippen LogP contribution in [0.15, 0.2) is 30.3 Å². The Morgan fingerprint density at radius 3 is 2.23 bits per heavy atom. The number of ether oxygens (including phenoxy) is 2. The Hall–Kier alpha value is -2.57. The van der Waals surface area contributed by atoms with Gasteiger partial charge < -0.3 is 19.7 Å². The summed E-state index contributed by atoms with van der Waals surface area (Å²) in [4.78, 5) is 38.9. The summed E-state index contributed by atoms with van der Waals surface area (Å²) in [5.41, 5.74) is 0.316. The Balaban J connectivity index is 1.96. The van der Waals surface area contributed by atoms with Crippen molar-refractivity contribution in [2.75, 3.05) is 13.1 Å². The molecule has 2 rings (SSSR count). The van der Waals surface area contributed by atoms with Gasteiger partial charge in [-0.2, -0.15) is 0 Å². The molecule has 1 heterocycles. The van der Waals surface area contributed by atoms with Crippen LogP contribution in [-0.2, 0) is 19.1 Å². The molecule has 0 spiro atoms. The van der Waals surface area contributed by atoms with Gasteiger partial charge in [0.1, 0.15) is 5.60 Å². The molecule has 2 amide bonds. The lowest BCUT2D eigenvalue weighted by Crippen LogP contribution is -2.45. The summed E-state index contributed by atoms with van der Waals surface area (Å²) in [6.45, 7) is 10.0. The number of carbonyl (C=O) groups excluding carboxylic acids is 3. The second-order valence-corrected chi connectivity index (χ2v) is 8.96. The van der Waals surface area contributed by atoms with Crippen LogP contribution in [0, 0.1) is 5.92 Å². The topological polar surface area (TPSA) is 84.9 Å². The van der Waals surface area contributed by atoms with Crippen molar-refractivity contribution in [2.24, 2.45) is 5.92 Å². The van der Waals surface area contributed by atoms with E-state index in [9.17, 15) is 14.4 Å². The zero-order chi connectivity index (χ0) is 22.3. The van der Waals surface area contributed by atoms with Crippen molar-refractivity contribution in [3.05, 3.63) is 35.9 Å². The highest BCUT2D eigenvalue weighted by Crippen LogP contribution is 2.23. The third kappa shape index (κ3) is 7.69. The molecule has 1 N–H and O–H groups in total. The fourth-order valence-corrected chi connectivity index (χ4v) is 3.36. The van der Waals surface area contributed by atoms with Crippen molar-refractivity contribution >= 4 is 18.0 Å². The van der Waals surface area contributed by atoms with Gasteiger partial charge in [0.25, 0.3) is 0 Å². The molecular formula is C23H34N2O5. The largest absolute Gasteiger partial charge is 0.463 e. The molecule has 1 aromatic rings. The lowest BCUT2D eigenvalue weighted by Gasteiger charge is -2.33. The van der Waals surface area contributed by atoms with Crippen molar-refractivity contribution in [3.8, 4) is 0 Å². The van der Waals surface area contributed by atoms with Crippen molar-refractivity contribution in [3.63, 3.8) is 0 Å². The molecule has 166 valence electrons. The number of likely N-dealkylation sites (tertiary alicyclic amines) is 1. The van der Waals surface area contributed by atoms with Crippen molar-refractivity contribution in [1.29, 1.82) is 0 Å². The summed E-state index contributed by atoms with van der Waals surface area (Å²) in [7, 11) is 0. The van der Waals surface area contributed by atoms with Crippen molar-refractivity contribution < 1.29 is 23.9 Å². The normalized spacial score (nSPS) is 16.1. The molecule has 1 unspecified atom stereocenters. The van der Waals surface area contributed by atoms with E-state index < -0.39 is 11.6 Å². The van der Waals surface area contributed by atoms with E-state index in [2.05, 4.69) is 5.32 Å². The molecule has 0 aromatic heterocycles. The number of nitrogens with one attached hydrogen (secondary N) is 1. The lowest BCUT2D eigenvalue weighted by molar-refractivity contribution is -0.148. The van der Waals surface area contributed by atoms with Crippen LogP contribution in [0.5, 0.6) is 0 Å². The third-order valence-corrected chi connectivity index (χ3v) is 4.77. The summed E-state index contributed by atoms with van der Waals surface area (Å²) < 4.78 is 10.7. The van der Waals surface area contributed by atoms with Gasteiger partial charge in [-0.05, 0) is 53.0 Å². The first kappa shape index (κ1) is 23.7. The van der Waals surface area contributed by atoms with Crippen LogP contribution >= 0.6 is 0 Å². The van der Waals surface area contributed by atoms with Gasteiger partial charge in [0.2, 0.25) is 5.91 Å². The number of benzene rings is 1. The molecule has 1 aliphatic heterocycles. The van der Waals surface area contributed by atoms with E-state index in [0.29, 0.717) is 25.9 Å². The monoisotopic (exact) mass is 418 g/mol. The SMILES string of the molecule is CC(C)OC(=O)CC(NC(=O)C1CCN(C(=O)OC(C)(C)C)CC1)c1ccccc1. The molecule has 1 atom stereocenters. The number of rotatable bonds is 6. The van der Waals surface area contributed by atoms with Gasteiger partial charge in [0.05, 0.1) is 18.6 Å². The predicted molar refractivity (Wildman–Crippen MR) is 114 cm³/mol. The number of hydrogen-bond donors (Lipinski definition) is 1. The van der Waals surface area contributed by atoms with E-state index in [1.807, 2.05) is 51.1 Å². The minimum Gasteiger partial charge on any atom is -0.463 e. The molecule has 1 fully saturated rings. The van der Waals surface area contributed by atoms with Gasteiger partial charge in [-0.3, -0.25) is 9.59 Å². The van der Waals surface area contributed by atoms with Gasteiger partial charge in [0.15, 0.2) is 0 Å². The van der Waals surface area contributed by atoms with Crippen LogP contribution in [0.25, 0.3) is 0 Å². The van der Waals surface area contributed by atoms with Crippen LogP contribution in [0.3, 0.4) is 0 Å². The molecule has 30 heavy (non-hydrogen) atoms. The molecule has 0 aliphatic carbocycles. The van der Waals surface area contributed by atoms with Crippen LogP contribution < -0.4 is 5.32 Å². The number of esters is 1. The Bertz CT molecular complexity index is 719.